The highest BCUT2D eigenvalue weighted by Gasteiger charge is 2.32. The van der Waals surface area contributed by atoms with Crippen LogP contribution in [0, 0.1) is 0 Å². The van der Waals surface area contributed by atoms with E-state index >= 15 is 0 Å². The molecule has 0 amide bonds. The molecule has 0 fully saturated rings. The molecule has 2 unspecified atom stereocenters. The number of hydrogen-bond donors (Lipinski definition) is 1. The molecule has 2 atom stereocenters. The van der Waals surface area contributed by atoms with Crippen LogP contribution >= 0.6 is 0 Å². The summed E-state index contributed by atoms with van der Waals surface area (Å²) in [5, 5.41) is 3.36. The number of benzene rings is 1. The third-order valence-electron chi connectivity index (χ3n) is 3.99. The molecule has 0 aliphatic heterocycles. The minimum absolute atomic E-state index is 0.173. The van der Waals surface area contributed by atoms with E-state index in [0.29, 0.717) is 13.2 Å². The highest BCUT2D eigenvalue weighted by Crippen LogP contribution is 2.35. The Morgan fingerprint density at radius 1 is 1.24 bits per heavy atom. The molecule has 0 saturated heterocycles. The lowest BCUT2D eigenvalue weighted by Gasteiger charge is -2.20. The summed E-state index contributed by atoms with van der Waals surface area (Å²) >= 11 is 0. The lowest BCUT2D eigenvalue weighted by atomic mass is 10.1. The summed E-state index contributed by atoms with van der Waals surface area (Å²) in [6.45, 7) is 4.32. The first-order valence-electron chi connectivity index (χ1n) is 7.83. The van der Waals surface area contributed by atoms with Crippen molar-refractivity contribution in [3.05, 3.63) is 29.3 Å². The van der Waals surface area contributed by atoms with Crippen molar-refractivity contribution in [3.63, 3.8) is 0 Å². The van der Waals surface area contributed by atoms with Gasteiger partial charge >= 0.3 is 0 Å². The van der Waals surface area contributed by atoms with Gasteiger partial charge in [-0.1, -0.05) is 19.4 Å². The highest BCUT2D eigenvalue weighted by atomic mass is 16.5. The van der Waals surface area contributed by atoms with E-state index in [2.05, 4.69) is 24.4 Å². The Hall–Kier alpha value is -1.10. The third-order valence-corrected chi connectivity index (χ3v) is 3.99. The first-order valence-corrected chi connectivity index (χ1v) is 7.83. The van der Waals surface area contributed by atoms with Gasteiger partial charge in [0.25, 0.3) is 0 Å². The Morgan fingerprint density at radius 2 is 2.10 bits per heavy atom. The summed E-state index contributed by atoms with van der Waals surface area (Å²) in [5.41, 5.74) is 2.63. The highest BCUT2D eigenvalue weighted by molar-refractivity contribution is 5.42. The van der Waals surface area contributed by atoms with Crippen LogP contribution in [0.1, 0.15) is 36.9 Å². The van der Waals surface area contributed by atoms with Gasteiger partial charge in [-0.05, 0) is 36.7 Å². The molecule has 0 aromatic heterocycles. The predicted molar refractivity (Wildman–Crippen MR) is 84.0 cm³/mol. The maximum Gasteiger partial charge on any atom is 0.119 e. The molecule has 1 N–H and O–H groups in total. The average Bonchev–Trinajstić information content (AvgIpc) is 2.87. The smallest absolute Gasteiger partial charge is 0.119 e. The molecule has 4 heteroatoms. The van der Waals surface area contributed by atoms with Crippen LogP contribution in [0.3, 0.4) is 0 Å². The summed E-state index contributed by atoms with van der Waals surface area (Å²) in [7, 11) is 3.68. The zero-order valence-electron chi connectivity index (χ0n) is 13.4. The standard InChI is InChI=1S/C17H27NO3/c1-4-5-8-20-9-10-21-16-11-13-6-7-14(19-3)12-15(13)17(16)18-2/h6-7,12,16-18H,4-5,8-11H2,1-3H3. The fraction of sp³-hybridized carbons (Fsp3) is 0.647. The number of hydrogen-bond acceptors (Lipinski definition) is 4. The van der Waals surface area contributed by atoms with Crippen LogP contribution in [0.15, 0.2) is 18.2 Å². The van der Waals surface area contributed by atoms with Gasteiger partial charge in [-0.15, -0.1) is 0 Å². The lowest BCUT2D eigenvalue weighted by molar-refractivity contribution is -0.00561. The maximum absolute atomic E-state index is 6.01. The van der Waals surface area contributed by atoms with Crippen molar-refractivity contribution in [3.8, 4) is 5.75 Å². The van der Waals surface area contributed by atoms with E-state index in [1.54, 1.807) is 7.11 Å². The normalized spacial score (nSPS) is 20.5. The lowest BCUT2D eigenvalue weighted by Crippen LogP contribution is -2.29. The van der Waals surface area contributed by atoms with Crippen molar-refractivity contribution in [1.29, 1.82) is 0 Å². The first kappa shape index (κ1) is 16.3. The largest absolute Gasteiger partial charge is 0.497 e. The van der Waals surface area contributed by atoms with E-state index in [0.717, 1.165) is 25.2 Å². The predicted octanol–water partition coefficient (Wildman–Crippen LogP) is 2.71. The Morgan fingerprint density at radius 3 is 2.81 bits per heavy atom. The molecule has 0 heterocycles. The third kappa shape index (κ3) is 4.19. The van der Waals surface area contributed by atoms with Crippen molar-refractivity contribution in [2.75, 3.05) is 34.0 Å². The number of nitrogens with one attached hydrogen (secondary N) is 1. The Balaban J connectivity index is 1.85. The molecular formula is C17H27NO3. The fourth-order valence-electron chi connectivity index (χ4n) is 2.81. The van der Waals surface area contributed by atoms with Gasteiger partial charge in [0, 0.05) is 13.0 Å². The Kier molecular flexibility index (Phi) is 6.49. The van der Waals surface area contributed by atoms with Gasteiger partial charge in [0.15, 0.2) is 0 Å². The quantitative estimate of drug-likeness (QED) is 0.711. The van der Waals surface area contributed by atoms with Crippen molar-refractivity contribution in [2.45, 2.75) is 38.3 Å². The fourth-order valence-corrected chi connectivity index (χ4v) is 2.81. The SMILES string of the molecule is CCCCOCCOC1Cc2ccc(OC)cc2C1NC. The van der Waals surface area contributed by atoms with E-state index in [-0.39, 0.29) is 12.1 Å². The van der Waals surface area contributed by atoms with Crippen LogP contribution in [0.2, 0.25) is 0 Å². The van der Waals surface area contributed by atoms with Crippen molar-refractivity contribution in [1.82, 2.24) is 5.32 Å². The monoisotopic (exact) mass is 293 g/mol. The molecule has 4 nitrogen and oxygen atoms in total. The molecule has 0 saturated carbocycles. The van der Waals surface area contributed by atoms with Crippen molar-refractivity contribution < 1.29 is 14.2 Å². The Bertz CT molecular complexity index is 436. The number of unbranched alkanes of at least 4 members (excludes halogenated alkanes) is 1. The van der Waals surface area contributed by atoms with E-state index < -0.39 is 0 Å². The van der Waals surface area contributed by atoms with Gasteiger partial charge in [0.1, 0.15) is 5.75 Å². The molecule has 0 radical (unpaired) electrons. The van der Waals surface area contributed by atoms with Crippen molar-refractivity contribution in [2.24, 2.45) is 0 Å². The summed E-state index contributed by atoms with van der Waals surface area (Å²) < 4.78 is 16.9. The zero-order valence-corrected chi connectivity index (χ0v) is 13.4. The topological polar surface area (TPSA) is 39.7 Å². The summed E-state index contributed by atoms with van der Waals surface area (Å²) in [4.78, 5) is 0. The molecule has 118 valence electrons. The summed E-state index contributed by atoms with van der Waals surface area (Å²) in [6, 6.07) is 6.49. The summed E-state index contributed by atoms with van der Waals surface area (Å²) in [5.74, 6) is 0.901. The van der Waals surface area contributed by atoms with E-state index in [1.165, 1.54) is 17.5 Å². The van der Waals surface area contributed by atoms with E-state index in [4.69, 9.17) is 14.2 Å². The number of rotatable bonds is 9. The molecule has 0 spiro atoms. The van der Waals surface area contributed by atoms with E-state index in [1.807, 2.05) is 13.1 Å². The first-order chi connectivity index (χ1) is 10.3. The van der Waals surface area contributed by atoms with Crippen LogP contribution < -0.4 is 10.1 Å². The number of ether oxygens (including phenoxy) is 3. The van der Waals surface area contributed by atoms with Gasteiger partial charge in [-0.2, -0.15) is 0 Å². The molecule has 1 aliphatic carbocycles. The average molecular weight is 293 g/mol. The number of methoxy groups -OCH3 is 1. The Labute approximate surface area is 127 Å². The molecule has 1 aromatic rings. The molecule has 0 bridgehead atoms. The second-order valence-corrected chi connectivity index (χ2v) is 5.41. The van der Waals surface area contributed by atoms with Crippen LogP contribution in [0.4, 0.5) is 0 Å². The van der Waals surface area contributed by atoms with Crippen LogP contribution in [-0.2, 0) is 15.9 Å². The van der Waals surface area contributed by atoms with Crippen molar-refractivity contribution >= 4 is 0 Å². The van der Waals surface area contributed by atoms with Gasteiger partial charge < -0.3 is 19.5 Å². The van der Waals surface area contributed by atoms with Crippen LogP contribution in [0.25, 0.3) is 0 Å². The second-order valence-electron chi connectivity index (χ2n) is 5.41. The van der Waals surface area contributed by atoms with Gasteiger partial charge in [0.2, 0.25) is 0 Å². The second kappa shape index (κ2) is 8.37. The van der Waals surface area contributed by atoms with E-state index in [9.17, 15) is 0 Å². The minimum Gasteiger partial charge on any atom is -0.497 e. The zero-order chi connectivity index (χ0) is 15.1. The van der Waals surface area contributed by atoms with Gasteiger partial charge in [-0.3, -0.25) is 0 Å². The molecule has 1 aliphatic rings. The molecule has 1 aromatic carbocycles. The van der Waals surface area contributed by atoms with Gasteiger partial charge in [0.05, 0.1) is 32.5 Å². The number of fused-ring (bicyclic) bond motifs is 1. The minimum atomic E-state index is 0.173. The molecular weight excluding hydrogens is 266 g/mol. The molecule has 21 heavy (non-hydrogen) atoms. The van der Waals surface area contributed by atoms with Gasteiger partial charge in [-0.25, -0.2) is 0 Å². The van der Waals surface area contributed by atoms with Crippen LogP contribution in [0.5, 0.6) is 5.75 Å². The number of likely N-dealkylation sites (N-methyl/N-ethyl adjacent to an activating group) is 1. The summed E-state index contributed by atoms with van der Waals surface area (Å²) in [6.07, 6.45) is 3.41. The van der Waals surface area contributed by atoms with Crippen LogP contribution in [-0.4, -0.2) is 40.1 Å². The molecule has 2 rings (SSSR count). The maximum atomic E-state index is 6.01.